The number of rotatable bonds is 4. The third-order valence-electron chi connectivity index (χ3n) is 1.64. The molecule has 1 amide bonds. The predicted octanol–water partition coefficient (Wildman–Crippen LogP) is 1.88. The van der Waals surface area contributed by atoms with Gasteiger partial charge in [0.2, 0.25) is 0 Å². The van der Waals surface area contributed by atoms with E-state index < -0.39 is 37.7 Å². The minimum absolute atomic E-state index is 0.0638. The molecule has 1 aromatic rings. The number of para-hydroxylation sites is 1. The molecule has 5 heteroatoms. The van der Waals surface area contributed by atoms with E-state index >= 15 is 0 Å². The van der Waals surface area contributed by atoms with Crippen LogP contribution in [-0.2, 0) is 4.79 Å². The van der Waals surface area contributed by atoms with Crippen LogP contribution in [0.5, 0.6) is 5.75 Å². The smallest absolute Gasteiger partial charge is 0.413 e. The largest absolute Gasteiger partial charge is 0.480 e. The van der Waals surface area contributed by atoms with E-state index in [1.807, 2.05) is 0 Å². The Morgan fingerprint density at radius 2 is 2.06 bits per heavy atom. The lowest BCUT2D eigenvalue weighted by atomic mass is 10.1. The fourth-order valence-electron chi connectivity index (χ4n) is 0.946. The molecule has 0 unspecified atom stereocenters. The van der Waals surface area contributed by atoms with Gasteiger partial charge in [0.05, 0.1) is 1.37 Å². The van der Waals surface area contributed by atoms with Gasteiger partial charge < -0.3 is 15.2 Å². The first kappa shape index (κ1) is 5.53. The Kier molecular flexibility index (Phi) is 1.91. The van der Waals surface area contributed by atoms with Crippen molar-refractivity contribution in [2.24, 2.45) is 5.89 Å². The molecule has 92 valence electrons. The van der Waals surface area contributed by atoms with Crippen LogP contribution in [0.15, 0.2) is 30.3 Å². The second-order valence-corrected chi connectivity index (χ2v) is 2.88. The van der Waals surface area contributed by atoms with Gasteiger partial charge in [-0.2, -0.15) is 0 Å². The van der Waals surface area contributed by atoms with Crippen LogP contribution >= 0.6 is 0 Å². The fraction of sp³-hybridized carbons (Fsp3) is 0.333. The van der Waals surface area contributed by atoms with Crippen molar-refractivity contribution >= 4 is 12.1 Å². The highest BCUT2D eigenvalue weighted by molar-refractivity contribution is 5.81. The summed E-state index contributed by atoms with van der Waals surface area (Å²) in [5.74, 6) is -6.26. The third kappa shape index (κ3) is 4.14. The topological polar surface area (TPSA) is 75.6 Å². The van der Waals surface area contributed by atoms with Gasteiger partial charge in [0.1, 0.15) is 11.8 Å². The first-order valence-electron chi connectivity index (χ1n) is 8.45. The molecule has 1 aromatic carbocycles. The monoisotopic (exact) mass is 245 g/mol. The molecule has 0 saturated carbocycles. The summed E-state index contributed by atoms with van der Waals surface area (Å²) in [5, 5.41) is 10.6. The van der Waals surface area contributed by atoms with E-state index in [0.717, 1.165) is 0 Å². The summed E-state index contributed by atoms with van der Waals surface area (Å²) in [6, 6.07) is 3.44. The van der Waals surface area contributed by atoms with E-state index in [1.165, 1.54) is 29.6 Å². The first-order valence-corrected chi connectivity index (χ1v) is 4.45. The van der Waals surface area contributed by atoms with Crippen molar-refractivity contribution in [2.45, 2.75) is 19.7 Å². The second-order valence-electron chi connectivity index (χ2n) is 2.88. The van der Waals surface area contributed by atoms with Crippen LogP contribution < -0.4 is 10.1 Å². The second kappa shape index (κ2) is 5.89. The molecule has 0 fully saturated rings. The van der Waals surface area contributed by atoms with Gasteiger partial charge in [-0.1, -0.05) is 31.9 Å². The van der Waals surface area contributed by atoms with Gasteiger partial charge in [0.25, 0.3) is 0 Å². The lowest BCUT2D eigenvalue weighted by molar-refractivity contribution is -0.140. The predicted molar refractivity (Wildman–Crippen MR) is 61.9 cm³/mol. The highest BCUT2D eigenvalue weighted by Crippen LogP contribution is 2.09. The van der Waals surface area contributed by atoms with Gasteiger partial charge in [-0.05, 0) is 18.0 Å². The number of amides is 1. The van der Waals surface area contributed by atoms with Gasteiger partial charge >= 0.3 is 12.1 Å². The number of benzene rings is 1. The summed E-state index contributed by atoms with van der Waals surface area (Å²) >= 11 is 0. The van der Waals surface area contributed by atoms with Crippen LogP contribution in [0.1, 0.15) is 24.7 Å². The number of hydrogen-bond donors (Lipinski definition) is 2. The molecule has 0 aliphatic carbocycles. The van der Waals surface area contributed by atoms with Crippen LogP contribution in [-0.4, -0.2) is 23.2 Å². The van der Waals surface area contributed by atoms with Crippen molar-refractivity contribution in [1.82, 2.24) is 5.32 Å². The van der Waals surface area contributed by atoms with Crippen LogP contribution in [0.25, 0.3) is 0 Å². The molecule has 0 bridgehead atoms. The zero-order valence-corrected chi connectivity index (χ0v) is 8.56. The average molecular weight is 245 g/mol. The van der Waals surface area contributed by atoms with Crippen LogP contribution in [0.3, 0.4) is 0 Å². The first-order chi connectivity index (χ1) is 11.2. The van der Waals surface area contributed by atoms with E-state index in [1.54, 1.807) is 6.07 Å². The number of carboxylic acids is 1. The van der Waals surface area contributed by atoms with E-state index in [9.17, 15) is 14.7 Å². The molecule has 0 aromatic heterocycles. The molecule has 5 nitrogen and oxygen atoms in total. The Balaban J connectivity index is 3.30. The number of aliphatic carboxylic acids is 1. The molecule has 0 aliphatic heterocycles. The average Bonchev–Trinajstić information content (AvgIpc) is 2.44. The lowest BCUT2D eigenvalue weighted by Crippen LogP contribution is -2.45. The molecule has 17 heavy (non-hydrogen) atoms. The minimum Gasteiger partial charge on any atom is -0.480 e. The molecule has 2 N–H and O–H groups in total. The molecule has 0 radical (unpaired) electrons. The number of carboxylic acid groups (broad SMARTS) is 1. The summed E-state index contributed by atoms with van der Waals surface area (Å²) in [6.07, 6.45) is -1.59. The Morgan fingerprint density at radius 3 is 2.59 bits per heavy atom. The summed E-state index contributed by atoms with van der Waals surface area (Å²) < 4.78 is 63.9. The quantitative estimate of drug-likeness (QED) is 0.849. The lowest BCUT2D eigenvalue weighted by Gasteiger charge is -2.17. The molecule has 1 rings (SSSR count). The van der Waals surface area contributed by atoms with Crippen molar-refractivity contribution in [2.75, 3.05) is 0 Å². The van der Waals surface area contributed by atoms with Crippen molar-refractivity contribution < 1.29 is 30.4 Å². The molecular weight excluding hydrogens is 222 g/mol. The molecule has 0 heterocycles. The van der Waals surface area contributed by atoms with E-state index in [4.69, 9.17) is 15.7 Å². The maximum atomic E-state index is 11.9. The maximum Gasteiger partial charge on any atom is 0.413 e. The number of carbonyl (C=O) groups is 2. The van der Waals surface area contributed by atoms with E-state index in [0.29, 0.717) is 0 Å². The maximum absolute atomic E-state index is 11.9. The fourth-order valence-corrected chi connectivity index (χ4v) is 0.946. The number of ether oxygens (including phenoxy) is 1. The summed E-state index contributed by atoms with van der Waals surface area (Å²) in [7, 11) is 0. The standard InChI is InChI=1S/C12H15NO4/c1-8(2)10(11(14)15)13-12(16)17-9-6-4-3-5-7-9/h3-8,10H,1-2H3,(H,13,16)(H,14,15)/t10-/m1/s1/i1D3,2D3,8D,10D. The highest BCUT2D eigenvalue weighted by Gasteiger charge is 2.24. The van der Waals surface area contributed by atoms with Gasteiger partial charge in [0.15, 0.2) is 0 Å². The summed E-state index contributed by atoms with van der Waals surface area (Å²) in [6.45, 7) is -7.48. The van der Waals surface area contributed by atoms with E-state index in [2.05, 4.69) is 0 Å². The zero-order chi connectivity index (χ0) is 19.7. The van der Waals surface area contributed by atoms with Gasteiger partial charge in [-0.3, -0.25) is 0 Å². The SMILES string of the molecule is [2H]C([2H])([2H])C([2H])(C([2H])([2H])[2H])[C@@]([2H])(NC(=O)Oc1ccccc1)C(=O)O. The molecule has 0 aliphatic rings. The van der Waals surface area contributed by atoms with Crippen LogP contribution in [0.2, 0.25) is 0 Å². The molecule has 1 atom stereocenters. The number of nitrogens with one attached hydrogen (secondary N) is 1. The van der Waals surface area contributed by atoms with Gasteiger partial charge in [0, 0.05) is 9.60 Å². The van der Waals surface area contributed by atoms with Crippen molar-refractivity contribution in [3.8, 4) is 5.75 Å². The normalized spacial score (nSPS) is 22.8. The molecule has 0 saturated heterocycles. The Morgan fingerprint density at radius 1 is 1.41 bits per heavy atom. The Hall–Kier alpha value is -2.04. The Labute approximate surface area is 111 Å². The summed E-state index contributed by atoms with van der Waals surface area (Å²) in [4.78, 5) is 23.3. The minimum atomic E-state index is -3.87. The molecule has 0 spiro atoms. The number of carbonyl (C=O) groups excluding carboxylic acids is 1. The summed E-state index contributed by atoms with van der Waals surface area (Å²) in [5.41, 5.74) is 0. The van der Waals surface area contributed by atoms with Crippen molar-refractivity contribution in [3.05, 3.63) is 30.3 Å². The Bertz CT molecular complexity index is 631. The third-order valence-corrected chi connectivity index (χ3v) is 1.64. The molecular formula is C12H15NO4. The van der Waals surface area contributed by atoms with Crippen LogP contribution in [0, 0.1) is 5.89 Å². The number of hydrogen-bond acceptors (Lipinski definition) is 3. The van der Waals surface area contributed by atoms with Crippen LogP contribution in [0.4, 0.5) is 4.79 Å². The van der Waals surface area contributed by atoms with E-state index in [-0.39, 0.29) is 5.75 Å². The van der Waals surface area contributed by atoms with Gasteiger partial charge in [-0.15, -0.1) is 0 Å². The van der Waals surface area contributed by atoms with Crippen molar-refractivity contribution in [3.63, 3.8) is 0 Å². The zero-order valence-electron chi connectivity index (χ0n) is 16.6. The van der Waals surface area contributed by atoms with Crippen molar-refractivity contribution in [1.29, 1.82) is 0 Å². The highest BCUT2D eigenvalue weighted by atomic mass is 16.6. The van der Waals surface area contributed by atoms with Gasteiger partial charge in [-0.25, -0.2) is 9.59 Å².